The molecule has 1 N–H and O–H groups in total. The third kappa shape index (κ3) is 3.43. The van der Waals surface area contributed by atoms with Crippen molar-refractivity contribution in [2.75, 3.05) is 14.2 Å². The smallest absolute Gasteiger partial charge is 0.212 e. The number of nitrogens with one attached hydrogen (secondary N) is 1. The van der Waals surface area contributed by atoms with E-state index >= 15 is 0 Å². The van der Waals surface area contributed by atoms with Gasteiger partial charge in [0, 0.05) is 10.5 Å². The van der Waals surface area contributed by atoms with E-state index < -0.39 is 0 Å². The van der Waals surface area contributed by atoms with Crippen molar-refractivity contribution in [2.45, 2.75) is 11.8 Å². The Bertz CT molecular complexity index is 595. The SMILES string of the molecule is COc1cc(-c2ccc(C)cc2)c(OC)cc1S.N#[NH+]. The molecule has 0 aliphatic carbocycles. The van der Waals surface area contributed by atoms with Gasteiger partial charge in [0.2, 0.25) is 5.39 Å². The summed E-state index contributed by atoms with van der Waals surface area (Å²) in [5.74, 6) is 1.54. The summed E-state index contributed by atoms with van der Waals surface area (Å²) < 4.78 is 10.7. The zero-order valence-corrected chi connectivity index (χ0v) is 12.6. The van der Waals surface area contributed by atoms with E-state index in [0.717, 1.165) is 27.5 Å². The predicted molar refractivity (Wildman–Crippen MR) is 79.7 cm³/mol. The third-order valence-corrected chi connectivity index (χ3v) is 3.21. The van der Waals surface area contributed by atoms with Crippen molar-refractivity contribution in [3.8, 4) is 22.6 Å². The largest absolute Gasteiger partial charge is 0.496 e. The van der Waals surface area contributed by atoms with E-state index in [-0.39, 0.29) is 0 Å². The van der Waals surface area contributed by atoms with Crippen molar-refractivity contribution in [1.82, 2.24) is 0 Å². The summed E-state index contributed by atoms with van der Waals surface area (Å²) >= 11 is 4.37. The molecule has 2 rings (SSSR count). The number of aryl methyl sites for hydroxylation is 1. The van der Waals surface area contributed by atoms with Crippen molar-refractivity contribution in [1.29, 1.82) is 5.39 Å². The molecule has 0 spiro atoms. The Morgan fingerprint density at radius 2 is 1.50 bits per heavy atom. The van der Waals surface area contributed by atoms with Gasteiger partial charge in [-0.1, -0.05) is 29.8 Å². The Morgan fingerprint density at radius 1 is 0.950 bits per heavy atom. The Kier molecular flexibility index (Phi) is 5.88. The lowest BCUT2D eigenvalue weighted by Crippen LogP contribution is -2.11. The molecule has 0 radical (unpaired) electrons. The van der Waals surface area contributed by atoms with E-state index in [0.29, 0.717) is 0 Å². The highest BCUT2D eigenvalue weighted by atomic mass is 32.1. The molecule has 0 bridgehead atoms. The van der Waals surface area contributed by atoms with Crippen LogP contribution in [-0.2, 0) is 0 Å². The van der Waals surface area contributed by atoms with Crippen LogP contribution in [0.4, 0.5) is 0 Å². The number of rotatable bonds is 3. The fraction of sp³-hybridized carbons (Fsp3) is 0.200. The van der Waals surface area contributed by atoms with Crippen LogP contribution in [0.1, 0.15) is 5.56 Å². The molecule has 20 heavy (non-hydrogen) atoms. The van der Waals surface area contributed by atoms with Crippen molar-refractivity contribution in [3.05, 3.63) is 42.0 Å². The van der Waals surface area contributed by atoms with Gasteiger partial charge in [0.05, 0.1) is 19.6 Å². The van der Waals surface area contributed by atoms with E-state index in [4.69, 9.17) is 20.3 Å². The maximum absolute atomic E-state index is 6.25. The van der Waals surface area contributed by atoms with E-state index in [1.807, 2.05) is 12.1 Å². The minimum Gasteiger partial charge on any atom is -0.496 e. The molecular weight excluding hydrogens is 272 g/mol. The predicted octanol–water partition coefficient (Wildman–Crippen LogP) is 2.25. The number of benzene rings is 2. The monoisotopic (exact) mass is 289 g/mol. The zero-order valence-electron chi connectivity index (χ0n) is 11.7. The number of diazo groups is 1. The maximum atomic E-state index is 6.25. The number of hydrogen-bond acceptors (Lipinski definition) is 4. The van der Waals surface area contributed by atoms with E-state index in [1.165, 1.54) is 5.56 Å². The fourth-order valence-corrected chi connectivity index (χ4v) is 2.11. The molecule has 2 aromatic carbocycles. The molecule has 4 nitrogen and oxygen atoms in total. The zero-order chi connectivity index (χ0) is 15.1. The van der Waals surface area contributed by atoms with Crippen molar-refractivity contribution in [2.24, 2.45) is 0 Å². The molecule has 0 saturated carbocycles. The summed E-state index contributed by atoms with van der Waals surface area (Å²) in [5, 5.41) is 11.0. The molecule has 104 valence electrons. The number of ether oxygens (including phenoxy) is 2. The molecule has 5 heteroatoms. The van der Waals surface area contributed by atoms with Crippen LogP contribution < -0.4 is 14.9 Å². The van der Waals surface area contributed by atoms with Gasteiger partial charge in [-0.25, -0.2) is 0 Å². The second-order valence-corrected chi connectivity index (χ2v) is 4.57. The molecular formula is C15H17N2O2S+. The minimum atomic E-state index is 0.745. The Labute approximate surface area is 124 Å². The van der Waals surface area contributed by atoms with Crippen molar-refractivity contribution < 1.29 is 14.9 Å². The van der Waals surface area contributed by atoms with E-state index in [1.54, 1.807) is 14.2 Å². The topological polar surface area (TPSA) is 66.0 Å². The normalized spacial score (nSPS) is 9.30. The van der Waals surface area contributed by atoms with Gasteiger partial charge in [0.25, 0.3) is 0 Å². The van der Waals surface area contributed by atoms with E-state index in [9.17, 15) is 0 Å². The third-order valence-electron chi connectivity index (χ3n) is 2.86. The average Bonchev–Trinajstić information content (AvgIpc) is 2.50. The van der Waals surface area contributed by atoms with Crippen LogP contribution in [0, 0.1) is 12.3 Å². The fourth-order valence-electron chi connectivity index (χ4n) is 1.84. The molecule has 0 amide bonds. The number of nitrogens with zero attached hydrogens (tertiary/aromatic N) is 1. The molecule has 0 fully saturated rings. The standard InChI is InChI=1S/C15H16O2S.N2/c1-10-4-6-11(7-5-10)12-8-14(17-3)15(18)9-13(12)16-2;1-2/h4-9,18H,1-3H3;/p+1. The lowest BCUT2D eigenvalue weighted by Gasteiger charge is -2.13. The first kappa shape index (κ1) is 15.9. The Hall–Kier alpha value is -2.19. The second-order valence-electron chi connectivity index (χ2n) is 4.09. The molecule has 0 aliphatic heterocycles. The quantitative estimate of drug-likeness (QED) is 0.673. The molecule has 0 unspecified atom stereocenters. The number of thiol groups is 1. The Balaban J connectivity index is 0.000000956. The number of hydrogen-bond donors (Lipinski definition) is 2. The second kappa shape index (κ2) is 7.41. The minimum absolute atomic E-state index is 0.745. The van der Waals surface area contributed by atoms with Gasteiger partial charge >= 0.3 is 0 Å². The van der Waals surface area contributed by atoms with E-state index in [2.05, 4.69) is 43.8 Å². The Morgan fingerprint density at radius 3 is 2.00 bits per heavy atom. The number of methoxy groups -OCH3 is 2. The first-order valence-electron chi connectivity index (χ1n) is 5.90. The van der Waals surface area contributed by atoms with Gasteiger partial charge in [0.15, 0.2) is 0 Å². The van der Waals surface area contributed by atoms with Crippen molar-refractivity contribution in [3.63, 3.8) is 0 Å². The first-order chi connectivity index (χ1) is 9.65. The summed E-state index contributed by atoms with van der Waals surface area (Å²) in [6, 6.07) is 12.1. The van der Waals surface area contributed by atoms with Gasteiger partial charge in [-0.2, -0.15) is 0 Å². The van der Waals surface area contributed by atoms with Crippen LogP contribution in [0.25, 0.3) is 11.1 Å². The van der Waals surface area contributed by atoms with Gasteiger partial charge in [0.1, 0.15) is 11.5 Å². The van der Waals surface area contributed by atoms with Crippen LogP contribution in [0.5, 0.6) is 11.5 Å². The summed E-state index contributed by atoms with van der Waals surface area (Å²) in [6.07, 6.45) is 0. The summed E-state index contributed by atoms with van der Waals surface area (Å²) in [6.45, 7) is 2.07. The summed E-state index contributed by atoms with van der Waals surface area (Å²) in [7, 11) is 3.30. The lowest BCUT2D eigenvalue weighted by atomic mass is 10.0. The highest BCUT2D eigenvalue weighted by molar-refractivity contribution is 7.80. The molecule has 0 heterocycles. The molecule has 0 aliphatic rings. The molecule has 0 atom stereocenters. The van der Waals surface area contributed by atoms with Crippen LogP contribution in [-0.4, -0.2) is 14.2 Å². The lowest BCUT2D eigenvalue weighted by molar-refractivity contribution is -0.175. The molecule has 2 aromatic rings. The average molecular weight is 289 g/mol. The van der Waals surface area contributed by atoms with Crippen LogP contribution >= 0.6 is 12.6 Å². The van der Waals surface area contributed by atoms with Crippen molar-refractivity contribution >= 4 is 12.6 Å². The molecule has 0 saturated heterocycles. The molecule has 0 aromatic heterocycles. The van der Waals surface area contributed by atoms with Crippen LogP contribution in [0.15, 0.2) is 41.3 Å². The van der Waals surface area contributed by atoms with Crippen LogP contribution in [0.3, 0.4) is 0 Å². The highest BCUT2D eigenvalue weighted by Gasteiger charge is 2.10. The van der Waals surface area contributed by atoms with Crippen LogP contribution in [0.2, 0.25) is 0 Å². The summed E-state index contributed by atoms with van der Waals surface area (Å²) in [4.78, 5) is 0.769. The van der Waals surface area contributed by atoms with Gasteiger partial charge in [-0.05, 0) is 24.6 Å². The first-order valence-corrected chi connectivity index (χ1v) is 6.35. The van der Waals surface area contributed by atoms with Gasteiger partial charge in [-0.15, -0.1) is 12.6 Å². The van der Waals surface area contributed by atoms with Gasteiger partial charge < -0.3 is 9.47 Å². The summed E-state index contributed by atoms with van der Waals surface area (Å²) in [5.41, 5.74) is 3.34. The highest BCUT2D eigenvalue weighted by Crippen LogP contribution is 2.37. The maximum Gasteiger partial charge on any atom is 0.212 e. The van der Waals surface area contributed by atoms with Gasteiger partial charge in [-0.3, -0.25) is 0 Å².